The lowest BCUT2D eigenvalue weighted by Crippen LogP contribution is -1.98. The standard InChI is InChI=1S/C11H10N4O3S2/c1-5-8(10(12)15-14-5)11-13-9-6(19-11)3-2-4-7(9)20(16,17)18/h2-4H,1H3,(H3,12,14,15)(H,16,17,18). The molecule has 104 valence electrons. The monoisotopic (exact) mass is 310 g/mol. The van der Waals surface area contributed by atoms with Crippen molar-refractivity contribution in [2.24, 2.45) is 0 Å². The average Bonchev–Trinajstić information content (AvgIpc) is 2.90. The summed E-state index contributed by atoms with van der Waals surface area (Å²) in [5.41, 5.74) is 7.40. The summed E-state index contributed by atoms with van der Waals surface area (Å²) in [6.07, 6.45) is 0. The van der Waals surface area contributed by atoms with Gasteiger partial charge >= 0.3 is 0 Å². The number of thiazole rings is 1. The second kappa shape index (κ2) is 4.27. The van der Waals surface area contributed by atoms with E-state index >= 15 is 0 Å². The third kappa shape index (κ3) is 1.96. The number of nitrogen functional groups attached to an aromatic ring is 1. The molecule has 0 saturated carbocycles. The minimum atomic E-state index is -4.32. The smallest absolute Gasteiger partial charge is 0.296 e. The van der Waals surface area contributed by atoms with Gasteiger partial charge in [-0.05, 0) is 19.1 Å². The summed E-state index contributed by atoms with van der Waals surface area (Å²) in [5, 5.41) is 7.19. The fourth-order valence-electron chi connectivity index (χ4n) is 1.96. The zero-order valence-corrected chi connectivity index (χ0v) is 11.9. The van der Waals surface area contributed by atoms with Crippen molar-refractivity contribution in [3.63, 3.8) is 0 Å². The minimum absolute atomic E-state index is 0.211. The molecule has 4 N–H and O–H groups in total. The maximum Gasteiger partial charge on any atom is 0.296 e. The molecule has 0 spiro atoms. The van der Waals surface area contributed by atoms with Gasteiger partial charge in [0.05, 0.1) is 10.3 Å². The molecule has 0 unspecified atom stereocenters. The van der Waals surface area contributed by atoms with Gasteiger partial charge in [0, 0.05) is 5.69 Å². The van der Waals surface area contributed by atoms with Gasteiger partial charge < -0.3 is 5.73 Å². The Balaban J connectivity index is 2.32. The second-order valence-electron chi connectivity index (χ2n) is 4.21. The molecule has 0 radical (unpaired) electrons. The lowest BCUT2D eigenvalue weighted by Gasteiger charge is -1.96. The zero-order valence-electron chi connectivity index (χ0n) is 10.3. The van der Waals surface area contributed by atoms with Crippen molar-refractivity contribution in [2.75, 3.05) is 5.73 Å². The summed E-state index contributed by atoms with van der Waals surface area (Å²) in [6.45, 7) is 1.80. The number of hydrogen-bond acceptors (Lipinski definition) is 6. The van der Waals surface area contributed by atoms with Gasteiger partial charge in [-0.3, -0.25) is 9.65 Å². The van der Waals surface area contributed by atoms with E-state index in [2.05, 4.69) is 15.2 Å². The first-order valence-electron chi connectivity index (χ1n) is 5.56. The highest BCUT2D eigenvalue weighted by Crippen LogP contribution is 2.36. The van der Waals surface area contributed by atoms with Crippen molar-refractivity contribution in [1.29, 1.82) is 0 Å². The Labute approximate surface area is 118 Å². The van der Waals surface area contributed by atoms with E-state index in [0.717, 1.165) is 5.69 Å². The first-order chi connectivity index (χ1) is 9.38. The first kappa shape index (κ1) is 13.0. The largest absolute Gasteiger partial charge is 0.382 e. The number of para-hydroxylation sites is 1. The van der Waals surface area contributed by atoms with E-state index in [-0.39, 0.29) is 10.4 Å². The maximum atomic E-state index is 11.4. The van der Waals surface area contributed by atoms with Crippen molar-refractivity contribution in [2.45, 2.75) is 11.8 Å². The summed E-state index contributed by atoms with van der Waals surface area (Å²) in [7, 11) is -4.32. The van der Waals surface area contributed by atoms with Gasteiger partial charge in [-0.2, -0.15) is 13.5 Å². The summed E-state index contributed by atoms with van der Waals surface area (Å²) in [5.74, 6) is 0.301. The molecule has 0 aliphatic carbocycles. The third-order valence-electron chi connectivity index (χ3n) is 2.85. The molecule has 0 aliphatic rings. The van der Waals surface area contributed by atoms with Crippen LogP contribution in [0.15, 0.2) is 23.1 Å². The number of aromatic amines is 1. The highest BCUT2D eigenvalue weighted by molar-refractivity contribution is 7.86. The van der Waals surface area contributed by atoms with Crippen molar-refractivity contribution in [3.05, 3.63) is 23.9 Å². The molecular weight excluding hydrogens is 300 g/mol. The molecule has 0 bridgehead atoms. The Morgan fingerprint density at radius 3 is 2.75 bits per heavy atom. The van der Waals surface area contributed by atoms with Crippen LogP contribution in [0.3, 0.4) is 0 Å². The van der Waals surface area contributed by atoms with E-state index in [1.54, 1.807) is 19.1 Å². The number of benzene rings is 1. The molecule has 2 heterocycles. The number of nitrogens with one attached hydrogen (secondary N) is 1. The highest BCUT2D eigenvalue weighted by Gasteiger charge is 2.20. The molecule has 0 saturated heterocycles. The molecule has 3 rings (SSSR count). The van der Waals surface area contributed by atoms with Crippen molar-refractivity contribution >= 4 is 37.5 Å². The zero-order chi connectivity index (χ0) is 14.5. The van der Waals surface area contributed by atoms with E-state index < -0.39 is 10.1 Å². The van der Waals surface area contributed by atoms with Crippen LogP contribution in [0, 0.1) is 6.92 Å². The first-order valence-corrected chi connectivity index (χ1v) is 7.81. The molecule has 2 aromatic heterocycles. The van der Waals surface area contributed by atoms with Crippen LogP contribution in [0.5, 0.6) is 0 Å². The van der Waals surface area contributed by atoms with Gasteiger partial charge in [-0.25, -0.2) is 4.98 Å². The molecule has 0 atom stereocenters. The number of hydrogen-bond donors (Lipinski definition) is 3. The maximum absolute atomic E-state index is 11.4. The SMILES string of the molecule is Cc1[nH]nc(N)c1-c1nc2c(S(=O)(=O)O)cccc2s1. The number of nitrogens with two attached hydrogens (primary N) is 1. The van der Waals surface area contributed by atoms with Crippen LogP contribution in [-0.2, 0) is 10.1 Å². The summed E-state index contributed by atoms with van der Waals surface area (Å²) in [6, 6.07) is 4.60. The van der Waals surface area contributed by atoms with E-state index in [1.165, 1.54) is 17.4 Å². The van der Waals surface area contributed by atoms with Gasteiger partial charge in [0.1, 0.15) is 15.4 Å². The number of rotatable bonds is 2. The number of aromatic nitrogens is 3. The molecule has 3 aromatic rings. The number of nitrogens with zero attached hydrogens (tertiary/aromatic N) is 2. The van der Waals surface area contributed by atoms with Crippen molar-refractivity contribution < 1.29 is 13.0 Å². The van der Waals surface area contributed by atoms with Gasteiger partial charge in [-0.15, -0.1) is 11.3 Å². The topological polar surface area (TPSA) is 122 Å². The van der Waals surface area contributed by atoms with Crippen LogP contribution < -0.4 is 5.73 Å². The van der Waals surface area contributed by atoms with Crippen LogP contribution in [0.25, 0.3) is 20.8 Å². The van der Waals surface area contributed by atoms with E-state index in [1.807, 2.05) is 0 Å². The molecule has 9 heteroatoms. The molecule has 0 amide bonds. The van der Waals surface area contributed by atoms with Crippen molar-refractivity contribution in [3.8, 4) is 10.6 Å². The van der Waals surface area contributed by atoms with Crippen LogP contribution in [-0.4, -0.2) is 28.2 Å². The lowest BCUT2D eigenvalue weighted by molar-refractivity contribution is 0.484. The van der Waals surface area contributed by atoms with Gasteiger partial charge in [0.25, 0.3) is 10.1 Å². The third-order valence-corrected chi connectivity index (χ3v) is 4.77. The fraction of sp³-hybridized carbons (Fsp3) is 0.0909. The van der Waals surface area contributed by atoms with Crippen LogP contribution in [0.1, 0.15) is 5.69 Å². The Kier molecular flexibility index (Phi) is 2.78. The second-order valence-corrected chi connectivity index (χ2v) is 6.63. The lowest BCUT2D eigenvalue weighted by atomic mass is 10.2. The van der Waals surface area contributed by atoms with Crippen LogP contribution in [0.4, 0.5) is 5.82 Å². The molecule has 0 fully saturated rings. The van der Waals surface area contributed by atoms with E-state index in [0.29, 0.717) is 21.1 Å². The highest BCUT2D eigenvalue weighted by atomic mass is 32.2. The fourth-order valence-corrected chi connectivity index (χ4v) is 3.78. The average molecular weight is 310 g/mol. The normalized spacial score (nSPS) is 12.1. The Morgan fingerprint density at radius 2 is 2.15 bits per heavy atom. The number of fused-ring (bicyclic) bond motifs is 1. The minimum Gasteiger partial charge on any atom is -0.382 e. The summed E-state index contributed by atoms with van der Waals surface area (Å²) < 4.78 is 32.6. The Bertz CT molecular complexity index is 892. The molecular formula is C11H10N4O3S2. The van der Waals surface area contributed by atoms with E-state index in [9.17, 15) is 13.0 Å². The van der Waals surface area contributed by atoms with Crippen LogP contribution in [0.2, 0.25) is 0 Å². The quantitative estimate of drug-likeness (QED) is 0.621. The number of H-pyrrole nitrogens is 1. The van der Waals surface area contributed by atoms with Crippen molar-refractivity contribution in [1.82, 2.24) is 15.2 Å². The summed E-state index contributed by atoms with van der Waals surface area (Å²) in [4.78, 5) is 4.07. The van der Waals surface area contributed by atoms with Crippen LogP contribution >= 0.6 is 11.3 Å². The van der Waals surface area contributed by atoms with Gasteiger partial charge in [0.2, 0.25) is 0 Å². The molecule has 7 nitrogen and oxygen atoms in total. The molecule has 0 aliphatic heterocycles. The predicted molar refractivity (Wildman–Crippen MR) is 76.2 cm³/mol. The molecule has 20 heavy (non-hydrogen) atoms. The Hall–Kier alpha value is -1.97. The Morgan fingerprint density at radius 1 is 1.40 bits per heavy atom. The number of aryl methyl sites for hydroxylation is 1. The summed E-state index contributed by atoms with van der Waals surface area (Å²) >= 11 is 1.29. The van der Waals surface area contributed by atoms with Gasteiger partial charge in [0.15, 0.2) is 5.82 Å². The van der Waals surface area contributed by atoms with Gasteiger partial charge in [-0.1, -0.05) is 6.07 Å². The number of anilines is 1. The van der Waals surface area contributed by atoms with E-state index in [4.69, 9.17) is 5.73 Å². The predicted octanol–water partition coefficient (Wildman–Crippen LogP) is 1.82. The molecule has 1 aromatic carbocycles.